The molecule has 2 aliphatic rings. The molecule has 0 bridgehead atoms. The zero-order chi connectivity index (χ0) is 25.8. The second-order valence-electron chi connectivity index (χ2n) is 10.1. The van der Waals surface area contributed by atoms with E-state index < -0.39 is 15.4 Å². The number of carbonyl (C=O) groups is 1. The molecule has 9 heteroatoms. The normalized spacial score (nSPS) is 21.4. The van der Waals surface area contributed by atoms with E-state index in [1.54, 1.807) is 34.6 Å². The molecular weight excluding hydrogens is 519 g/mol. The molecule has 2 fully saturated rings. The molecule has 36 heavy (non-hydrogen) atoms. The lowest BCUT2D eigenvalue weighted by Gasteiger charge is -2.42. The molecule has 2 aromatic rings. The molecule has 196 valence electrons. The Morgan fingerprint density at radius 1 is 1.00 bits per heavy atom. The van der Waals surface area contributed by atoms with Crippen LogP contribution in [-0.4, -0.2) is 56.3 Å². The van der Waals surface area contributed by atoms with Crippen molar-refractivity contribution >= 4 is 39.1 Å². The molecule has 2 saturated heterocycles. The molecule has 1 unspecified atom stereocenters. The Balaban J connectivity index is 1.54. The van der Waals surface area contributed by atoms with Gasteiger partial charge in [-0.05, 0) is 80.5 Å². The number of hydrogen-bond donors (Lipinski definition) is 0. The van der Waals surface area contributed by atoms with E-state index in [1.165, 1.54) is 0 Å². The van der Waals surface area contributed by atoms with Gasteiger partial charge in [0.05, 0.1) is 12.4 Å². The Morgan fingerprint density at radius 3 is 2.42 bits per heavy atom. The molecule has 1 amide bonds. The summed E-state index contributed by atoms with van der Waals surface area (Å²) in [5, 5.41) is 1.23. The van der Waals surface area contributed by atoms with Crippen molar-refractivity contribution in [1.82, 2.24) is 9.21 Å². The van der Waals surface area contributed by atoms with Crippen molar-refractivity contribution < 1.29 is 17.9 Å². The Bertz CT molecular complexity index is 1170. The number of piperidine rings is 2. The van der Waals surface area contributed by atoms with E-state index in [2.05, 4.69) is 0 Å². The molecule has 4 rings (SSSR count). The third-order valence-corrected chi connectivity index (χ3v) is 9.66. The second kappa shape index (κ2) is 11.7. The first-order valence-electron chi connectivity index (χ1n) is 12.5. The van der Waals surface area contributed by atoms with Gasteiger partial charge in [0.1, 0.15) is 5.75 Å². The van der Waals surface area contributed by atoms with E-state index in [0.717, 1.165) is 44.3 Å². The van der Waals surface area contributed by atoms with Gasteiger partial charge in [-0.2, -0.15) is 0 Å². The number of amides is 1. The molecule has 2 heterocycles. The van der Waals surface area contributed by atoms with Gasteiger partial charge in [-0.25, -0.2) is 12.7 Å². The summed E-state index contributed by atoms with van der Waals surface area (Å²) in [4.78, 5) is 15.3. The standard InChI is InChI=1S/C27H34Cl2N2O4S/c1-21-16-24(10-11-25(21)29)35-20-27(17-26(32)30-13-3-2-4-14-30)12-5-15-31(19-27)36(33,34)18-22-6-8-23(28)9-7-22/h6-11,16H,2-5,12-15,17-20H2,1H3. The minimum Gasteiger partial charge on any atom is -0.493 e. The quantitative estimate of drug-likeness (QED) is 0.421. The number of nitrogens with zero attached hydrogens (tertiary/aromatic N) is 2. The Kier molecular flexibility index (Phi) is 8.87. The van der Waals surface area contributed by atoms with Crippen molar-refractivity contribution in [2.45, 2.75) is 51.2 Å². The summed E-state index contributed by atoms with van der Waals surface area (Å²) < 4.78 is 34.6. The summed E-state index contributed by atoms with van der Waals surface area (Å²) in [6.45, 7) is 4.41. The smallest absolute Gasteiger partial charge is 0.223 e. The Labute approximate surface area is 224 Å². The number of aryl methyl sites for hydroxylation is 1. The number of benzene rings is 2. The molecule has 6 nitrogen and oxygen atoms in total. The van der Waals surface area contributed by atoms with Crippen molar-refractivity contribution in [3.63, 3.8) is 0 Å². The van der Waals surface area contributed by atoms with Crippen LogP contribution in [0.5, 0.6) is 5.75 Å². The van der Waals surface area contributed by atoms with E-state index in [4.69, 9.17) is 27.9 Å². The third-order valence-electron chi connectivity index (χ3n) is 7.19. The molecule has 0 N–H and O–H groups in total. The highest BCUT2D eigenvalue weighted by atomic mass is 35.5. The number of carbonyl (C=O) groups excluding carboxylic acids is 1. The minimum absolute atomic E-state index is 0.0857. The SMILES string of the molecule is Cc1cc(OCC2(CC(=O)N3CCCCC3)CCCN(S(=O)(=O)Cc3ccc(Cl)cc3)C2)ccc1Cl. The molecule has 0 radical (unpaired) electrons. The number of likely N-dealkylation sites (tertiary alicyclic amines) is 1. The molecule has 1 atom stereocenters. The van der Waals surface area contributed by atoms with Crippen LogP contribution in [0.15, 0.2) is 42.5 Å². The van der Waals surface area contributed by atoms with Crippen LogP contribution in [0.1, 0.15) is 49.7 Å². The Morgan fingerprint density at radius 2 is 1.72 bits per heavy atom. The molecule has 2 aliphatic heterocycles. The zero-order valence-electron chi connectivity index (χ0n) is 20.7. The molecule has 2 aromatic carbocycles. The monoisotopic (exact) mass is 552 g/mol. The van der Waals surface area contributed by atoms with Crippen molar-refractivity contribution in [3.8, 4) is 5.75 Å². The number of rotatable bonds is 8. The number of ether oxygens (including phenoxy) is 1. The maximum absolute atomic E-state index is 13.4. The summed E-state index contributed by atoms with van der Waals surface area (Å²) >= 11 is 12.1. The van der Waals surface area contributed by atoms with Crippen LogP contribution in [0.3, 0.4) is 0 Å². The van der Waals surface area contributed by atoms with Gasteiger partial charge in [0.25, 0.3) is 0 Å². The van der Waals surface area contributed by atoms with E-state index in [0.29, 0.717) is 34.3 Å². The van der Waals surface area contributed by atoms with Gasteiger partial charge < -0.3 is 9.64 Å². The van der Waals surface area contributed by atoms with Crippen LogP contribution in [0.4, 0.5) is 0 Å². The van der Waals surface area contributed by atoms with Crippen LogP contribution < -0.4 is 4.74 Å². The lowest BCUT2D eigenvalue weighted by molar-refractivity contribution is -0.136. The van der Waals surface area contributed by atoms with Gasteiger partial charge in [0.2, 0.25) is 15.9 Å². The van der Waals surface area contributed by atoms with Crippen LogP contribution in [0, 0.1) is 12.3 Å². The highest BCUT2D eigenvalue weighted by Gasteiger charge is 2.42. The zero-order valence-corrected chi connectivity index (χ0v) is 23.0. The van der Waals surface area contributed by atoms with Crippen LogP contribution in [-0.2, 0) is 20.6 Å². The maximum Gasteiger partial charge on any atom is 0.223 e. The highest BCUT2D eigenvalue weighted by molar-refractivity contribution is 7.88. The Hall–Kier alpha value is -1.80. The fraction of sp³-hybridized carbons (Fsp3) is 0.519. The maximum atomic E-state index is 13.4. The minimum atomic E-state index is -3.58. The van der Waals surface area contributed by atoms with Gasteiger partial charge in [-0.3, -0.25) is 4.79 Å². The van der Waals surface area contributed by atoms with E-state index in [1.807, 2.05) is 24.0 Å². The largest absolute Gasteiger partial charge is 0.493 e. The fourth-order valence-corrected chi connectivity index (χ4v) is 7.03. The summed E-state index contributed by atoms with van der Waals surface area (Å²) in [7, 11) is -3.58. The van der Waals surface area contributed by atoms with Crippen molar-refractivity contribution in [1.29, 1.82) is 0 Å². The average molecular weight is 554 g/mol. The molecule has 0 aliphatic carbocycles. The van der Waals surface area contributed by atoms with Crippen LogP contribution in [0.25, 0.3) is 0 Å². The second-order valence-corrected chi connectivity index (χ2v) is 13.0. The van der Waals surface area contributed by atoms with Gasteiger partial charge in [-0.15, -0.1) is 0 Å². The first-order chi connectivity index (χ1) is 17.2. The topological polar surface area (TPSA) is 66.9 Å². The molecule has 0 aromatic heterocycles. The van der Waals surface area contributed by atoms with Crippen LogP contribution in [0.2, 0.25) is 10.0 Å². The van der Waals surface area contributed by atoms with Crippen molar-refractivity contribution in [3.05, 3.63) is 63.6 Å². The third kappa shape index (κ3) is 6.94. The van der Waals surface area contributed by atoms with Gasteiger partial charge in [0.15, 0.2) is 0 Å². The van der Waals surface area contributed by atoms with Crippen molar-refractivity contribution in [2.75, 3.05) is 32.8 Å². The molecular formula is C27H34Cl2N2O4S. The van der Waals surface area contributed by atoms with Gasteiger partial charge in [0, 0.05) is 48.1 Å². The predicted molar refractivity (Wildman–Crippen MR) is 144 cm³/mol. The fourth-order valence-electron chi connectivity index (χ4n) is 5.12. The lowest BCUT2D eigenvalue weighted by atomic mass is 9.78. The van der Waals surface area contributed by atoms with E-state index in [-0.39, 0.29) is 31.2 Å². The average Bonchev–Trinajstić information content (AvgIpc) is 2.87. The molecule has 0 spiro atoms. The highest BCUT2D eigenvalue weighted by Crippen LogP contribution is 2.37. The summed E-state index contributed by atoms with van der Waals surface area (Å²) in [5.41, 5.74) is 0.990. The van der Waals surface area contributed by atoms with Gasteiger partial charge in [-0.1, -0.05) is 35.3 Å². The number of halogens is 2. The van der Waals surface area contributed by atoms with Crippen LogP contribution >= 0.6 is 23.2 Å². The number of hydrogen-bond acceptors (Lipinski definition) is 4. The summed E-state index contributed by atoms with van der Waals surface area (Å²) in [5.74, 6) is 0.655. The predicted octanol–water partition coefficient (Wildman–Crippen LogP) is 5.70. The van der Waals surface area contributed by atoms with Crippen molar-refractivity contribution in [2.24, 2.45) is 5.41 Å². The van der Waals surface area contributed by atoms with E-state index in [9.17, 15) is 13.2 Å². The first-order valence-corrected chi connectivity index (χ1v) is 14.9. The van der Waals surface area contributed by atoms with E-state index >= 15 is 0 Å². The van der Waals surface area contributed by atoms with Gasteiger partial charge >= 0.3 is 0 Å². The summed E-state index contributed by atoms with van der Waals surface area (Å²) in [6.07, 6.45) is 4.85. The molecule has 0 saturated carbocycles. The first kappa shape index (κ1) is 27.2. The lowest BCUT2D eigenvalue weighted by Crippen LogP contribution is -2.51. The number of sulfonamides is 1. The summed E-state index contributed by atoms with van der Waals surface area (Å²) in [6, 6.07) is 12.4.